The summed E-state index contributed by atoms with van der Waals surface area (Å²) in [7, 11) is 0. The monoisotopic (exact) mass is 224 g/mol. The van der Waals surface area contributed by atoms with Crippen LogP contribution in [-0.2, 0) is 9.53 Å². The molecule has 0 saturated carbocycles. The zero-order valence-electron chi connectivity index (χ0n) is 9.47. The molecule has 1 atom stereocenters. The Balaban J connectivity index is 2.47. The summed E-state index contributed by atoms with van der Waals surface area (Å²) in [4.78, 5) is 11.4. The van der Waals surface area contributed by atoms with Crippen LogP contribution >= 0.6 is 0 Å². The first kappa shape index (κ1) is 12.4. The van der Waals surface area contributed by atoms with Crippen molar-refractivity contribution in [2.24, 2.45) is 0 Å². The Bertz CT molecular complexity index is 331. The average Bonchev–Trinajstić information content (AvgIpc) is 2.29. The van der Waals surface area contributed by atoms with Crippen LogP contribution in [0, 0.1) is 0 Å². The van der Waals surface area contributed by atoms with E-state index in [4.69, 9.17) is 14.6 Å². The van der Waals surface area contributed by atoms with Gasteiger partial charge in [-0.15, -0.1) is 0 Å². The van der Waals surface area contributed by atoms with E-state index in [1.807, 2.05) is 6.92 Å². The molecule has 0 aliphatic rings. The summed E-state index contributed by atoms with van der Waals surface area (Å²) in [5.41, 5.74) is 0. The van der Waals surface area contributed by atoms with Gasteiger partial charge in [0, 0.05) is 0 Å². The van der Waals surface area contributed by atoms with Crippen molar-refractivity contribution in [1.82, 2.24) is 0 Å². The number of hydrogen-bond acceptors (Lipinski definition) is 4. The summed E-state index contributed by atoms with van der Waals surface area (Å²) in [6.45, 7) is 3.96. The lowest BCUT2D eigenvalue weighted by molar-refractivity contribution is -0.151. The van der Waals surface area contributed by atoms with Crippen LogP contribution in [0.15, 0.2) is 24.3 Å². The minimum absolute atomic E-state index is 0.161. The number of hydrogen-bond donors (Lipinski definition) is 1. The van der Waals surface area contributed by atoms with Gasteiger partial charge in [0.15, 0.2) is 6.10 Å². The Labute approximate surface area is 94.8 Å². The fourth-order valence-electron chi connectivity index (χ4n) is 1.10. The number of phenols is 1. The molecule has 1 rings (SSSR count). The summed E-state index contributed by atoms with van der Waals surface area (Å²) in [5, 5.41) is 9.07. The number of phenolic OH excluding ortho intramolecular Hbond substituents is 1. The highest BCUT2D eigenvalue weighted by Gasteiger charge is 2.15. The maximum Gasteiger partial charge on any atom is 0.347 e. The van der Waals surface area contributed by atoms with E-state index in [2.05, 4.69) is 0 Å². The van der Waals surface area contributed by atoms with Crippen molar-refractivity contribution in [3.05, 3.63) is 24.3 Å². The van der Waals surface area contributed by atoms with E-state index in [0.717, 1.165) is 6.42 Å². The standard InChI is InChI=1S/C12H16O4/c1-3-8-15-12(14)9(2)16-11-6-4-10(13)5-7-11/h4-7,9,13H,3,8H2,1-2H3. The van der Waals surface area contributed by atoms with Crippen LogP contribution in [0.1, 0.15) is 20.3 Å². The Morgan fingerprint density at radius 2 is 2.00 bits per heavy atom. The van der Waals surface area contributed by atoms with Crippen LogP contribution in [0.2, 0.25) is 0 Å². The maximum atomic E-state index is 11.4. The van der Waals surface area contributed by atoms with E-state index in [-0.39, 0.29) is 11.7 Å². The molecule has 0 aliphatic carbocycles. The minimum Gasteiger partial charge on any atom is -0.508 e. The van der Waals surface area contributed by atoms with Gasteiger partial charge in [-0.05, 0) is 37.6 Å². The van der Waals surface area contributed by atoms with Gasteiger partial charge in [0.05, 0.1) is 6.61 Å². The molecule has 0 aromatic heterocycles. The van der Waals surface area contributed by atoms with Crippen LogP contribution in [0.4, 0.5) is 0 Å². The second-order valence-corrected chi connectivity index (χ2v) is 3.42. The number of esters is 1. The first-order chi connectivity index (χ1) is 7.63. The van der Waals surface area contributed by atoms with Crippen LogP contribution in [-0.4, -0.2) is 23.8 Å². The molecular formula is C12H16O4. The van der Waals surface area contributed by atoms with Gasteiger partial charge in [0.1, 0.15) is 11.5 Å². The van der Waals surface area contributed by atoms with Crippen LogP contribution < -0.4 is 4.74 Å². The summed E-state index contributed by atoms with van der Waals surface area (Å²) in [5.74, 6) is 0.308. The summed E-state index contributed by atoms with van der Waals surface area (Å²) >= 11 is 0. The summed E-state index contributed by atoms with van der Waals surface area (Å²) in [6.07, 6.45) is 0.147. The van der Waals surface area contributed by atoms with E-state index < -0.39 is 6.10 Å². The third kappa shape index (κ3) is 3.81. The highest BCUT2D eigenvalue weighted by Crippen LogP contribution is 2.17. The molecule has 4 nitrogen and oxygen atoms in total. The largest absolute Gasteiger partial charge is 0.508 e. The minimum atomic E-state index is -0.643. The van der Waals surface area contributed by atoms with Gasteiger partial charge in [-0.2, -0.15) is 0 Å². The highest BCUT2D eigenvalue weighted by atomic mass is 16.6. The van der Waals surface area contributed by atoms with Gasteiger partial charge in [0.2, 0.25) is 0 Å². The van der Waals surface area contributed by atoms with E-state index >= 15 is 0 Å². The van der Waals surface area contributed by atoms with Crippen molar-refractivity contribution in [1.29, 1.82) is 0 Å². The molecule has 16 heavy (non-hydrogen) atoms. The average molecular weight is 224 g/mol. The highest BCUT2D eigenvalue weighted by molar-refractivity contribution is 5.74. The zero-order valence-corrected chi connectivity index (χ0v) is 9.47. The van der Waals surface area contributed by atoms with E-state index in [1.54, 1.807) is 19.1 Å². The lowest BCUT2D eigenvalue weighted by atomic mass is 10.3. The Morgan fingerprint density at radius 1 is 1.38 bits per heavy atom. The number of aromatic hydroxyl groups is 1. The number of carbonyl (C=O) groups excluding carboxylic acids is 1. The predicted octanol–water partition coefficient (Wildman–Crippen LogP) is 2.11. The van der Waals surface area contributed by atoms with Gasteiger partial charge in [-0.3, -0.25) is 0 Å². The molecule has 1 aromatic rings. The Kier molecular flexibility index (Phi) is 4.64. The van der Waals surface area contributed by atoms with Crippen molar-refractivity contribution < 1.29 is 19.4 Å². The third-order valence-electron chi connectivity index (χ3n) is 1.93. The van der Waals surface area contributed by atoms with E-state index in [0.29, 0.717) is 12.4 Å². The number of benzene rings is 1. The Morgan fingerprint density at radius 3 is 2.56 bits per heavy atom. The molecule has 88 valence electrons. The molecule has 1 N–H and O–H groups in total. The SMILES string of the molecule is CCCOC(=O)C(C)Oc1ccc(O)cc1. The molecule has 0 saturated heterocycles. The van der Waals surface area contributed by atoms with Gasteiger partial charge >= 0.3 is 5.97 Å². The lowest BCUT2D eigenvalue weighted by Crippen LogP contribution is -2.26. The molecule has 0 fully saturated rings. The van der Waals surface area contributed by atoms with Crippen LogP contribution in [0.5, 0.6) is 11.5 Å². The molecular weight excluding hydrogens is 208 g/mol. The second-order valence-electron chi connectivity index (χ2n) is 3.42. The van der Waals surface area contributed by atoms with Crippen molar-refractivity contribution >= 4 is 5.97 Å². The van der Waals surface area contributed by atoms with Crippen molar-refractivity contribution in [3.8, 4) is 11.5 Å². The molecule has 1 aromatic carbocycles. The topological polar surface area (TPSA) is 55.8 Å². The first-order valence-electron chi connectivity index (χ1n) is 5.25. The lowest BCUT2D eigenvalue weighted by Gasteiger charge is -2.13. The molecule has 0 spiro atoms. The number of carbonyl (C=O) groups is 1. The van der Waals surface area contributed by atoms with Gasteiger partial charge in [-0.1, -0.05) is 6.92 Å². The summed E-state index contributed by atoms with van der Waals surface area (Å²) < 4.78 is 10.3. The normalized spacial score (nSPS) is 11.9. The van der Waals surface area contributed by atoms with Crippen molar-refractivity contribution in [2.45, 2.75) is 26.4 Å². The van der Waals surface area contributed by atoms with Gasteiger partial charge < -0.3 is 14.6 Å². The van der Waals surface area contributed by atoms with E-state index in [9.17, 15) is 4.79 Å². The smallest absolute Gasteiger partial charge is 0.347 e. The molecule has 0 heterocycles. The van der Waals surface area contributed by atoms with Gasteiger partial charge in [-0.25, -0.2) is 4.79 Å². The van der Waals surface area contributed by atoms with Crippen molar-refractivity contribution in [2.75, 3.05) is 6.61 Å². The molecule has 0 bridgehead atoms. The second kappa shape index (κ2) is 6.00. The van der Waals surface area contributed by atoms with Crippen molar-refractivity contribution in [3.63, 3.8) is 0 Å². The number of rotatable bonds is 5. The fourth-order valence-corrected chi connectivity index (χ4v) is 1.10. The summed E-state index contributed by atoms with van der Waals surface area (Å²) in [6, 6.07) is 6.19. The quantitative estimate of drug-likeness (QED) is 0.778. The Hall–Kier alpha value is -1.71. The van der Waals surface area contributed by atoms with E-state index in [1.165, 1.54) is 12.1 Å². The maximum absolute atomic E-state index is 11.4. The molecule has 1 unspecified atom stereocenters. The van der Waals surface area contributed by atoms with Crippen LogP contribution in [0.3, 0.4) is 0 Å². The first-order valence-corrected chi connectivity index (χ1v) is 5.25. The predicted molar refractivity (Wildman–Crippen MR) is 59.4 cm³/mol. The third-order valence-corrected chi connectivity index (χ3v) is 1.93. The van der Waals surface area contributed by atoms with Gasteiger partial charge in [0.25, 0.3) is 0 Å². The van der Waals surface area contributed by atoms with Crippen LogP contribution in [0.25, 0.3) is 0 Å². The molecule has 4 heteroatoms. The molecule has 0 radical (unpaired) electrons. The molecule has 0 amide bonds. The number of ether oxygens (including phenoxy) is 2. The zero-order chi connectivity index (χ0) is 12.0. The fraction of sp³-hybridized carbons (Fsp3) is 0.417. The molecule has 0 aliphatic heterocycles.